The summed E-state index contributed by atoms with van der Waals surface area (Å²) in [7, 11) is 0. The van der Waals surface area contributed by atoms with Crippen LogP contribution in [0.1, 0.15) is 17.5 Å². The average molecular weight is 409 g/mol. The third-order valence-electron chi connectivity index (χ3n) is 6.72. The van der Waals surface area contributed by atoms with Gasteiger partial charge < -0.3 is 15.1 Å². The van der Waals surface area contributed by atoms with Crippen LogP contribution in [-0.4, -0.2) is 55.2 Å². The maximum Gasteiger partial charge on any atom is 0.329 e. The Hall–Kier alpha value is -2.93. The first-order valence-electron chi connectivity index (χ1n) is 10.6. The number of fused-ring (bicyclic) bond motifs is 1. The molecule has 0 radical (unpaired) electrons. The number of aryl methyl sites for hydroxylation is 1. The molecule has 2 fully saturated rings. The van der Waals surface area contributed by atoms with Crippen LogP contribution in [0.5, 0.6) is 0 Å². The molecule has 6 nitrogen and oxygen atoms in total. The van der Waals surface area contributed by atoms with E-state index in [1.807, 2.05) is 29.2 Å². The number of carbonyl (C=O) groups is 2. The molecule has 5 rings (SSSR count). The van der Waals surface area contributed by atoms with Crippen LogP contribution in [0.4, 0.5) is 14.9 Å². The topological polar surface area (TPSA) is 57.1 Å². The molecule has 2 saturated heterocycles. The number of nitrogens with zero attached hydrogens (tertiary/aromatic N) is 2. The molecule has 30 heavy (non-hydrogen) atoms. The number of urea groups is 1. The number of rotatable bonds is 3. The van der Waals surface area contributed by atoms with Gasteiger partial charge in [-0.3, -0.25) is 4.79 Å². The summed E-state index contributed by atoms with van der Waals surface area (Å²) in [5.41, 5.74) is 2.22. The number of benzene rings is 2. The highest BCUT2D eigenvalue weighted by Crippen LogP contribution is 2.33. The predicted molar refractivity (Wildman–Crippen MR) is 111 cm³/mol. The fourth-order valence-electron chi connectivity index (χ4n) is 5.00. The molecule has 0 saturated carbocycles. The molecule has 7 heteroatoms. The zero-order valence-electron chi connectivity index (χ0n) is 16.9. The fourth-order valence-corrected chi connectivity index (χ4v) is 5.00. The molecule has 1 spiro atoms. The van der Waals surface area contributed by atoms with Crippen molar-refractivity contribution in [2.24, 2.45) is 0 Å². The van der Waals surface area contributed by atoms with Crippen molar-refractivity contribution in [2.45, 2.75) is 24.8 Å². The van der Waals surface area contributed by atoms with Crippen molar-refractivity contribution in [3.63, 3.8) is 0 Å². The predicted octanol–water partition coefficient (Wildman–Crippen LogP) is 0.968. The Kier molecular flexibility index (Phi) is 4.70. The number of quaternary nitrogens is 1. The number of hydrogen-bond acceptors (Lipinski definition) is 3. The van der Waals surface area contributed by atoms with E-state index >= 15 is 0 Å². The van der Waals surface area contributed by atoms with E-state index < -0.39 is 5.54 Å². The highest BCUT2D eigenvalue weighted by atomic mass is 19.1. The van der Waals surface area contributed by atoms with Gasteiger partial charge in [-0.1, -0.05) is 36.4 Å². The lowest BCUT2D eigenvalue weighted by Gasteiger charge is -2.35. The largest absolute Gasteiger partial charge is 0.358 e. The Labute approximate surface area is 175 Å². The Bertz CT molecular complexity index is 989. The molecule has 2 aromatic carbocycles. The van der Waals surface area contributed by atoms with Crippen LogP contribution in [0.15, 0.2) is 48.5 Å². The number of piperazine rings is 1. The van der Waals surface area contributed by atoms with E-state index in [1.165, 1.54) is 21.4 Å². The normalized spacial score (nSPS) is 24.3. The van der Waals surface area contributed by atoms with E-state index in [0.29, 0.717) is 38.3 Å². The number of nitrogens with one attached hydrogen (secondary N) is 2. The van der Waals surface area contributed by atoms with E-state index in [-0.39, 0.29) is 17.8 Å². The molecular formula is C23H26FN4O2+. The number of imide groups is 1. The highest BCUT2D eigenvalue weighted by Gasteiger charge is 2.53. The molecule has 0 unspecified atom stereocenters. The minimum absolute atomic E-state index is 0.106. The molecular weight excluding hydrogens is 383 g/mol. The number of para-hydroxylation sites is 1. The summed E-state index contributed by atoms with van der Waals surface area (Å²) in [6.45, 7) is 3.25. The molecule has 1 aliphatic carbocycles. The minimum Gasteiger partial charge on any atom is -0.358 e. The maximum atomic E-state index is 14.1. The summed E-state index contributed by atoms with van der Waals surface area (Å²) < 4.78 is 14.1. The van der Waals surface area contributed by atoms with Crippen molar-refractivity contribution in [1.82, 2.24) is 10.2 Å². The number of carbonyl (C=O) groups excluding carboxylic acids is 2. The minimum atomic E-state index is -0.806. The molecule has 1 atom stereocenters. The molecule has 156 valence electrons. The summed E-state index contributed by atoms with van der Waals surface area (Å²) in [6, 6.07) is 14.7. The van der Waals surface area contributed by atoms with Gasteiger partial charge in [0.15, 0.2) is 6.67 Å². The van der Waals surface area contributed by atoms with Crippen LogP contribution in [0.25, 0.3) is 0 Å². The monoisotopic (exact) mass is 409 g/mol. The molecule has 2 aliphatic heterocycles. The second-order valence-corrected chi connectivity index (χ2v) is 8.54. The maximum absolute atomic E-state index is 14.1. The van der Waals surface area contributed by atoms with Crippen LogP contribution in [0, 0.1) is 5.82 Å². The van der Waals surface area contributed by atoms with Crippen molar-refractivity contribution >= 4 is 17.6 Å². The van der Waals surface area contributed by atoms with E-state index in [1.54, 1.807) is 12.1 Å². The van der Waals surface area contributed by atoms with Crippen molar-refractivity contribution in [1.29, 1.82) is 0 Å². The third kappa shape index (κ3) is 3.23. The van der Waals surface area contributed by atoms with Crippen LogP contribution in [-0.2, 0) is 17.6 Å². The quantitative estimate of drug-likeness (QED) is 0.743. The van der Waals surface area contributed by atoms with Gasteiger partial charge >= 0.3 is 6.03 Å². The number of halogens is 1. The van der Waals surface area contributed by atoms with Crippen LogP contribution in [0.2, 0.25) is 0 Å². The van der Waals surface area contributed by atoms with Crippen molar-refractivity contribution < 1.29 is 18.9 Å². The van der Waals surface area contributed by atoms with E-state index in [2.05, 4.69) is 11.4 Å². The molecule has 2 heterocycles. The van der Waals surface area contributed by atoms with Crippen molar-refractivity contribution in [3.8, 4) is 0 Å². The lowest BCUT2D eigenvalue weighted by molar-refractivity contribution is -0.907. The number of amides is 3. The van der Waals surface area contributed by atoms with Gasteiger partial charge in [0.1, 0.15) is 11.4 Å². The van der Waals surface area contributed by atoms with Crippen LogP contribution >= 0.6 is 0 Å². The molecule has 3 aliphatic rings. The smallest absolute Gasteiger partial charge is 0.329 e. The van der Waals surface area contributed by atoms with E-state index in [0.717, 1.165) is 25.1 Å². The van der Waals surface area contributed by atoms with Gasteiger partial charge in [-0.15, -0.1) is 0 Å². The van der Waals surface area contributed by atoms with Crippen molar-refractivity contribution in [3.05, 3.63) is 65.5 Å². The number of hydrogen-bond donors (Lipinski definition) is 2. The summed E-state index contributed by atoms with van der Waals surface area (Å²) in [5.74, 6) is -0.319. The van der Waals surface area contributed by atoms with Crippen LogP contribution < -0.4 is 15.1 Å². The van der Waals surface area contributed by atoms with Gasteiger partial charge in [-0.25, -0.2) is 14.1 Å². The summed E-state index contributed by atoms with van der Waals surface area (Å²) in [5, 5.41) is 3.01. The van der Waals surface area contributed by atoms with Gasteiger partial charge in [-0.05, 0) is 36.1 Å². The molecule has 2 aromatic rings. The Morgan fingerprint density at radius 1 is 1.00 bits per heavy atom. The summed E-state index contributed by atoms with van der Waals surface area (Å²) >= 11 is 0. The Balaban J connectivity index is 1.24. The standard InChI is InChI=1S/C23H25FN4O2/c24-19-7-3-4-8-20(19)27-13-11-26(12-14-27)16-28-21(29)23(25-22(28)30)10-9-17-5-1-2-6-18(17)15-23/h1-8H,9-16H2,(H,25,30)/p+1/t23-/m0/s1. The SMILES string of the molecule is O=C1N[C@]2(CCc3ccccc3C2)C(=O)N1C[NH+]1CCN(c2ccccc2F)CC1. The Morgan fingerprint density at radius 2 is 1.70 bits per heavy atom. The number of anilines is 1. The average Bonchev–Trinajstić information content (AvgIpc) is 2.98. The first kappa shape index (κ1) is 19.1. The summed E-state index contributed by atoms with van der Waals surface area (Å²) in [4.78, 5) is 30.6. The van der Waals surface area contributed by atoms with Crippen molar-refractivity contribution in [2.75, 3.05) is 37.7 Å². The van der Waals surface area contributed by atoms with E-state index in [9.17, 15) is 14.0 Å². The van der Waals surface area contributed by atoms with Gasteiger partial charge in [0.05, 0.1) is 31.9 Å². The second-order valence-electron chi connectivity index (χ2n) is 8.54. The summed E-state index contributed by atoms with van der Waals surface area (Å²) in [6.07, 6.45) is 1.99. The zero-order chi connectivity index (χ0) is 20.7. The Morgan fingerprint density at radius 3 is 2.47 bits per heavy atom. The zero-order valence-corrected chi connectivity index (χ0v) is 16.9. The first-order chi connectivity index (χ1) is 14.6. The highest BCUT2D eigenvalue weighted by molar-refractivity contribution is 6.07. The van der Waals surface area contributed by atoms with Gasteiger partial charge in [0.25, 0.3) is 5.91 Å². The van der Waals surface area contributed by atoms with Gasteiger partial charge in [-0.2, -0.15) is 0 Å². The fraction of sp³-hybridized carbons (Fsp3) is 0.391. The van der Waals surface area contributed by atoms with E-state index in [4.69, 9.17) is 0 Å². The van der Waals surface area contributed by atoms with Gasteiger partial charge in [0, 0.05) is 6.42 Å². The third-order valence-corrected chi connectivity index (χ3v) is 6.72. The molecule has 0 aromatic heterocycles. The lowest BCUT2D eigenvalue weighted by atomic mass is 9.78. The lowest BCUT2D eigenvalue weighted by Crippen LogP contribution is -3.16. The molecule has 0 bridgehead atoms. The molecule has 2 N–H and O–H groups in total. The molecule has 3 amide bonds. The van der Waals surface area contributed by atoms with Gasteiger partial charge in [0.2, 0.25) is 0 Å². The first-order valence-corrected chi connectivity index (χ1v) is 10.6. The van der Waals surface area contributed by atoms with Crippen LogP contribution in [0.3, 0.4) is 0 Å². The second kappa shape index (κ2) is 7.40.